The zero-order valence-corrected chi connectivity index (χ0v) is 8.62. The minimum Gasteiger partial charge on any atom is -0.392 e. The van der Waals surface area contributed by atoms with Crippen LogP contribution in [-0.2, 0) is 4.74 Å². The summed E-state index contributed by atoms with van der Waals surface area (Å²) in [5.41, 5.74) is 1.17. The molecule has 1 saturated heterocycles. The van der Waals surface area contributed by atoms with Crippen LogP contribution in [0.3, 0.4) is 0 Å². The van der Waals surface area contributed by atoms with E-state index in [9.17, 15) is 0 Å². The summed E-state index contributed by atoms with van der Waals surface area (Å²) >= 11 is 0. The Morgan fingerprint density at radius 2 is 2.08 bits per heavy atom. The summed E-state index contributed by atoms with van der Waals surface area (Å²) in [4.78, 5) is 0. The van der Waals surface area contributed by atoms with Crippen molar-refractivity contribution in [2.45, 2.75) is 26.7 Å². The van der Waals surface area contributed by atoms with Gasteiger partial charge in [-0.3, -0.25) is 0 Å². The molecule has 0 aromatic carbocycles. The molecule has 1 fully saturated rings. The van der Waals surface area contributed by atoms with Gasteiger partial charge in [0.2, 0.25) is 0 Å². The van der Waals surface area contributed by atoms with Crippen molar-refractivity contribution in [3.05, 3.63) is 11.6 Å². The van der Waals surface area contributed by atoms with E-state index in [2.05, 4.69) is 19.9 Å². The maximum Gasteiger partial charge on any atom is 0.0644 e. The Hall–Kier alpha value is -0.340. The van der Waals surface area contributed by atoms with Crippen LogP contribution < -0.4 is 0 Å². The van der Waals surface area contributed by atoms with Crippen molar-refractivity contribution < 1.29 is 9.84 Å². The van der Waals surface area contributed by atoms with Gasteiger partial charge >= 0.3 is 0 Å². The quantitative estimate of drug-likeness (QED) is 0.680. The van der Waals surface area contributed by atoms with Crippen LogP contribution in [0.1, 0.15) is 26.7 Å². The lowest BCUT2D eigenvalue weighted by Gasteiger charge is -2.21. The molecule has 1 rings (SSSR count). The number of hydrogen-bond acceptors (Lipinski definition) is 2. The highest BCUT2D eigenvalue weighted by atomic mass is 16.5. The Morgan fingerprint density at radius 1 is 1.46 bits per heavy atom. The average Bonchev–Trinajstić information content (AvgIpc) is 2.15. The highest BCUT2D eigenvalue weighted by Crippen LogP contribution is 2.20. The SMILES string of the molecule is CC(C)C(=CC1CCOCC1)CO. The molecule has 0 spiro atoms. The van der Waals surface area contributed by atoms with Gasteiger partial charge in [0.1, 0.15) is 0 Å². The predicted molar refractivity (Wildman–Crippen MR) is 53.5 cm³/mol. The summed E-state index contributed by atoms with van der Waals surface area (Å²) in [6, 6.07) is 0. The largest absolute Gasteiger partial charge is 0.392 e. The zero-order valence-electron chi connectivity index (χ0n) is 8.62. The summed E-state index contributed by atoms with van der Waals surface area (Å²) in [7, 11) is 0. The number of aliphatic hydroxyl groups is 1. The van der Waals surface area contributed by atoms with Gasteiger partial charge in [0, 0.05) is 13.2 Å². The predicted octanol–water partition coefficient (Wildman–Crippen LogP) is 1.99. The van der Waals surface area contributed by atoms with Crippen LogP contribution in [0, 0.1) is 11.8 Å². The Morgan fingerprint density at radius 3 is 2.54 bits per heavy atom. The lowest BCUT2D eigenvalue weighted by Crippen LogP contribution is -2.15. The third-order valence-electron chi connectivity index (χ3n) is 2.64. The van der Waals surface area contributed by atoms with Crippen molar-refractivity contribution in [2.75, 3.05) is 19.8 Å². The van der Waals surface area contributed by atoms with E-state index in [0.29, 0.717) is 11.8 Å². The summed E-state index contributed by atoms with van der Waals surface area (Å²) in [5.74, 6) is 1.09. The van der Waals surface area contributed by atoms with Crippen LogP contribution in [0.2, 0.25) is 0 Å². The summed E-state index contributed by atoms with van der Waals surface area (Å²) in [6.07, 6.45) is 4.46. The van der Waals surface area contributed by atoms with E-state index in [4.69, 9.17) is 9.84 Å². The van der Waals surface area contributed by atoms with E-state index in [0.717, 1.165) is 26.1 Å². The van der Waals surface area contributed by atoms with E-state index in [1.165, 1.54) is 5.57 Å². The molecule has 1 aliphatic rings. The highest BCUT2D eigenvalue weighted by Gasteiger charge is 2.12. The maximum atomic E-state index is 9.13. The molecule has 0 bridgehead atoms. The highest BCUT2D eigenvalue weighted by molar-refractivity contribution is 5.07. The number of allylic oxidation sites excluding steroid dienone is 1. The van der Waals surface area contributed by atoms with Crippen LogP contribution >= 0.6 is 0 Å². The molecule has 1 heterocycles. The maximum absolute atomic E-state index is 9.13. The third-order valence-corrected chi connectivity index (χ3v) is 2.64. The lowest BCUT2D eigenvalue weighted by atomic mass is 9.93. The molecular weight excluding hydrogens is 164 g/mol. The van der Waals surface area contributed by atoms with Gasteiger partial charge in [-0.15, -0.1) is 0 Å². The van der Waals surface area contributed by atoms with Crippen LogP contribution in [0.4, 0.5) is 0 Å². The summed E-state index contributed by atoms with van der Waals surface area (Å²) < 4.78 is 5.28. The molecule has 0 aromatic heterocycles. The third kappa shape index (κ3) is 3.49. The monoisotopic (exact) mass is 184 g/mol. The first-order valence-electron chi connectivity index (χ1n) is 5.13. The van der Waals surface area contributed by atoms with Crippen molar-refractivity contribution >= 4 is 0 Å². The van der Waals surface area contributed by atoms with E-state index < -0.39 is 0 Å². The molecule has 0 atom stereocenters. The zero-order chi connectivity index (χ0) is 9.68. The molecule has 0 radical (unpaired) electrons. The first kappa shape index (κ1) is 10.7. The van der Waals surface area contributed by atoms with Crippen molar-refractivity contribution in [1.29, 1.82) is 0 Å². The minimum atomic E-state index is 0.203. The Bertz CT molecular complexity index is 167. The van der Waals surface area contributed by atoms with Gasteiger partial charge in [0.15, 0.2) is 0 Å². The second-order valence-electron chi connectivity index (χ2n) is 4.00. The average molecular weight is 184 g/mol. The fourth-order valence-corrected chi connectivity index (χ4v) is 1.61. The van der Waals surface area contributed by atoms with Crippen LogP contribution in [-0.4, -0.2) is 24.9 Å². The molecule has 0 amide bonds. The molecule has 0 saturated carbocycles. The Balaban J connectivity index is 2.49. The molecule has 0 unspecified atom stereocenters. The number of rotatable bonds is 3. The molecule has 0 aliphatic carbocycles. The molecule has 0 aromatic rings. The number of aliphatic hydroxyl groups excluding tert-OH is 1. The first-order chi connectivity index (χ1) is 6.24. The first-order valence-corrected chi connectivity index (χ1v) is 5.13. The summed E-state index contributed by atoms with van der Waals surface area (Å²) in [6.45, 7) is 6.20. The van der Waals surface area contributed by atoms with E-state index in [1.54, 1.807) is 0 Å². The van der Waals surface area contributed by atoms with E-state index in [1.807, 2.05) is 0 Å². The van der Waals surface area contributed by atoms with Gasteiger partial charge < -0.3 is 9.84 Å². The van der Waals surface area contributed by atoms with Crippen LogP contribution in [0.25, 0.3) is 0 Å². The van der Waals surface area contributed by atoms with Gasteiger partial charge in [0.05, 0.1) is 6.61 Å². The van der Waals surface area contributed by atoms with Crippen molar-refractivity contribution in [1.82, 2.24) is 0 Å². The molecule has 2 heteroatoms. The van der Waals surface area contributed by atoms with Gasteiger partial charge in [-0.05, 0) is 30.3 Å². The van der Waals surface area contributed by atoms with Gasteiger partial charge in [-0.1, -0.05) is 19.9 Å². The van der Waals surface area contributed by atoms with Crippen molar-refractivity contribution in [3.63, 3.8) is 0 Å². The van der Waals surface area contributed by atoms with Crippen LogP contribution in [0.15, 0.2) is 11.6 Å². The van der Waals surface area contributed by atoms with E-state index >= 15 is 0 Å². The van der Waals surface area contributed by atoms with Gasteiger partial charge in [-0.2, -0.15) is 0 Å². The lowest BCUT2D eigenvalue weighted by molar-refractivity contribution is 0.0780. The second-order valence-corrected chi connectivity index (χ2v) is 4.00. The minimum absolute atomic E-state index is 0.203. The smallest absolute Gasteiger partial charge is 0.0644 e. The number of hydrogen-bond donors (Lipinski definition) is 1. The van der Waals surface area contributed by atoms with Crippen LogP contribution in [0.5, 0.6) is 0 Å². The Kier molecular flexibility index (Phi) is 4.46. The summed E-state index contributed by atoms with van der Waals surface area (Å²) in [5, 5.41) is 9.13. The van der Waals surface area contributed by atoms with Gasteiger partial charge in [0.25, 0.3) is 0 Å². The fraction of sp³-hybridized carbons (Fsp3) is 0.818. The Labute approximate surface area is 80.6 Å². The molecule has 1 aliphatic heterocycles. The number of ether oxygens (including phenoxy) is 1. The standard InChI is InChI=1S/C11H20O2/c1-9(2)11(8-12)7-10-3-5-13-6-4-10/h7,9-10,12H,3-6,8H2,1-2H3. The topological polar surface area (TPSA) is 29.5 Å². The van der Waals surface area contributed by atoms with Gasteiger partial charge in [-0.25, -0.2) is 0 Å². The molecule has 76 valence electrons. The fourth-order valence-electron chi connectivity index (χ4n) is 1.61. The molecule has 2 nitrogen and oxygen atoms in total. The van der Waals surface area contributed by atoms with Crippen molar-refractivity contribution in [3.8, 4) is 0 Å². The van der Waals surface area contributed by atoms with Crippen molar-refractivity contribution in [2.24, 2.45) is 11.8 Å². The molecule has 1 N–H and O–H groups in total. The molecule has 13 heavy (non-hydrogen) atoms. The normalized spacial score (nSPS) is 21.1. The second kappa shape index (κ2) is 5.40. The van der Waals surface area contributed by atoms with E-state index in [-0.39, 0.29) is 6.61 Å². The molecular formula is C11H20O2.